The van der Waals surface area contributed by atoms with Gasteiger partial charge in [-0.05, 0) is 101 Å². The largest absolute Gasteiger partial charge is 0.208 e. The molecule has 12 aromatic rings. The van der Waals surface area contributed by atoms with E-state index >= 15 is 0 Å². The van der Waals surface area contributed by atoms with E-state index in [9.17, 15) is 0 Å². The summed E-state index contributed by atoms with van der Waals surface area (Å²) in [7, 11) is 0. The first-order chi connectivity index (χ1) is 26.2. The van der Waals surface area contributed by atoms with Crippen molar-refractivity contribution < 1.29 is 0 Å². The molecule has 12 rings (SSSR count). The van der Waals surface area contributed by atoms with Crippen molar-refractivity contribution in [1.82, 2.24) is 15.0 Å². The van der Waals surface area contributed by atoms with Crippen molar-refractivity contribution in [3.8, 4) is 34.2 Å². The Morgan fingerprint density at radius 3 is 1.45 bits per heavy atom. The monoisotopic (exact) mass is 689 g/mol. The van der Waals surface area contributed by atoms with E-state index in [4.69, 9.17) is 15.0 Å². The van der Waals surface area contributed by atoms with Crippen LogP contribution in [0.3, 0.4) is 0 Å². The molecule has 0 saturated heterocycles. The third-order valence-electron chi connectivity index (χ3n) is 11.0. The number of fused-ring (bicyclic) bond motifs is 5. The third-order valence-corrected chi connectivity index (χ3v) is 12.1. The fourth-order valence-corrected chi connectivity index (χ4v) is 9.72. The molecule has 0 spiro atoms. The van der Waals surface area contributed by atoms with Crippen LogP contribution in [0.5, 0.6) is 0 Å². The topological polar surface area (TPSA) is 38.7 Å². The predicted molar refractivity (Wildman–Crippen MR) is 225 cm³/mol. The lowest BCUT2D eigenvalue weighted by Gasteiger charge is -2.17. The fraction of sp³-hybridized carbons (Fsp3) is 0. The van der Waals surface area contributed by atoms with E-state index < -0.39 is 0 Å². The Kier molecular flexibility index (Phi) is 5.93. The molecule has 0 radical (unpaired) electrons. The minimum Gasteiger partial charge on any atom is -0.208 e. The molecule has 0 N–H and O–H groups in total. The Hall–Kier alpha value is -6.75. The molecule has 0 aliphatic carbocycles. The quantitative estimate of drug-likeness (QED) is 0.173. The van der Waals surface area contributed by atoms with Gasteiger partial charge in [-0.3, -0.25) is 0 Å². The van der Waals surface area contributed by atoms with Gasteiger partial charge in [0.05, 0.1) is 0 Å². The number of hydrogen-bond donors (Lipinski definition) is 0. The van der Waals surface area contributed by atoms with Gasteiger partial charge in [-0.15, -0.1) is 11.3 Å². The zero-order valence-corrected chi connectivity index (χ0v) is 29.2. The van der Waals surface area contributed by atoms with Crippen molar-refractivity contribution in [2.75, 3.05) is 0 Å². The summed E-state index contributed by atoms with van der Waals surface area (Å²) in [6, 6.07) is 59.3. The van der Waals surface area contributed by atoms with Gasteiger partial charge < -0.3 is 0 Å². The molecule has 4 heteroatoms. The highest BCUT2D eigenvalue weighted by Crippen LogP contribution is 2.44. The first-order valence-corrected chi connectivity index (χ1v) is 18.8. The van der Waals surface area contributed by atoms with Gasteiger partial charge in [-0.1, -0.05) is 127 Å². The summed E-state index contributed by atoms with van der Waals surface area (Å²) in [5.74, 6) is 1.98. The van der Waals surface area contributed by atoms with Crippen molar-refractivity contribution in [2.24, 2.45) is 0 Å². The smallest absolute Gasteiger partial charge is 0.164 e. The van der Waals surface area contributed by atoms with Crippen LogP contribution in [0.15, 0.2) is 164 Å². The van der Waals surface area contributed by atoms with E-state index in [-0.39, 0.29) is 0 Å². The van der Waals surface area contributed by atoms with Crippen molar-refractivity contribution in [2.45, 2.75) is 0 Å². The second kappa shape index (κ2) is 10.9. The maximum Gasteiger partial charge on any atom is 0.164 e. The molecule has 53 heavy (non-hydrogen) atoms. The molecule has 0 atom stereocenters. The molecule has 244 valence electrons. The fourth-order valence-electron chi connectivity index (χ4n) is 8.63. The van der Waals surface area contributed by atoms with Gasteiger partial charge in [0.25, 0.3) is 0 Å². The maximum absolute atomic E-state index is 5.28. The highest BCUT2D eigenvalue weighted by molar-refractivity contribution is 7.25. The van der Waals surface area contributed by atoms with Gasteiger partial charge in [0.2, 0.25) is 0 Å². The Morgan fingerprint density at radius 1 is 0.283 bits per heavy atom. The highest BCUT2D eigenvalue weighted by atomic mass is 32.1. The zero-order valence-electron chi connectivity index (χ0n) is 28.3. The Labute approximate surface area is 307 Å². The van der Waals surface area contributed by atoms with Crippen LogP contribution in [0, 0.1) is 0 Å². The SMILES string of the molecule is c1ccc(-c2nc(-c3ccc4sc5ccccc5c4c3)nc(-c3cc4ccc5cccc6c7cccc8ccc9cccc(c(c3)c4c56)c9c87)n2)cc1. The predicted octanol–water partition coefficient (Wildman–Crippen LogP) is 13.6. The van der Waals surface area contributed by atoms with Gasteiger partial charge in [-0.2, -0.15) is 0 Å². The second-order valence-corrected chi connectivity index (χ2v) is 15.0. The van der Waals surface area contributed by atoms with Crippen LogP contribution in [0.4, 0.5) is 0 Å². The standard InChI is InChI=1S/C49H27N3S/c1-2-9-31(10-3-1)47-50-48(33-23-24-42-39(26-33)35-14-4-5-18-41(35)53-42)52-49(51-47)34-25-32-22-21-30-12-7-16-37-36-15-6-11-28-19-20-29-13-8-17-38(45(29)43(28)36)40(27-34)46(32)44(30)37/h1-27H. The second-order valence-electron chi connectivity index (χ2n) is 13.9. The minimum atomic E-state index is 0.656. The normalized spacial score (nSPS) is 12.2. The Bertz CT molecular complexity index is 3450. The molecule has 0 aliphatic rings. The van der Waals surface area contributed by atoms with E-state index in [2.05, 4.69) is 146 Å². The molecule has 2 heterocycles. The van der Waals surface area contributed by atoms with E-state index in [1.165, 1.54) is 79.4 Å². The lowest BCUT2D eigenvalue weighted by molar-refractivity contribution is 1.08. The average Bonchev–Trinajstić information content (AvgIpc) is 3.60. The van der Waals surface area contributed by atoms with E-state index in [0.717, 1.165) is 22.1 Å². The minimum absolute atomic E-state index is 0.656. The van der Waals surface area contributed by atoms with E-state index in [1.807, 2.05) is 29.5 Å². The highest BCUT2D eigenvalue weighted by Gasteiger charge is 2.19. The van der Waals surface area contributed by atoms with Crippen LogP contribution in [0.2, 0.25) is 0 Å². The lowest BCUT2D eigenvalue weighted by atomic mass is 9.87. The molecule has 0 amide bonds. The van der Waals surface area contributed by atoms with E-state index in [0.29, 0.717) is 17.5 Å². The number of hydrogen-bond acceptors (Lipinski definition) is 4. The van der Waals surface area contributed by atoms with E-state index in [1.54, 1.807) is 0 Å². The summed E-state index contributed by atoms with van der Waals surface area (Å²) < 4.78 is 2.53. The van der Waals surface area contributed by atoms with Gasteiger partial charge in [-0.25, -0.2) is 15.0 Å². The summed E-state index contributed by atoms with van der Waals surface area (Å²) in [4.78, 5) is 15.6. The maximum atomic E-state index is 5.28. The average molecular weight is 690 g/mol. The number of thiophene rings is 1. The first kappa shape index (κ1) is 28.9. The van der Waals surface area contributed by atoms with Crippen LogP contribution in [-0.4, -0.2) is 15.0 Å². The number of rotatable bonds is 3. The van der Waals surface area contributed by atoms with Crippen molar-refractivity contribution in [1.29, 1.82) is 0 Å². The van der Waals surface area contributed by atoms with Gasteiger partial charge in [0.1, 0.15) is 0 Å². The molecule has 0 fully saturated rings. The molecule has 0 aliphatic heterocycles. The molecule has 0 unspecified atom stereocenters. The van der Waals surface area contributed by atoms with Crippen LogP contribution in [0.25, 0.3) is 119 Å². The molecule has 0 saturated carbocycles. The lowest BCUT2D eigenvalue weighted by Crippen LogP contribution is -2.00. The third kappa shape index (κ3) is 4.24. The number of nitrogens with zero attached hydrogens (tertiary/aromatic N) is 3. The van der Waals surface area contributed by atoms with Crippen LogP contribution in [-0.2, 0) is 0 Å². The molecular formula is C49H27N3S. The van der Waals surface area contributed by atoms with Crippen LogP contribution < -0.4 is 0 Å². The van der Waals surface area contributed by atoms with Crippen molar-refractivity contribution in [3.05, 3.63) is 164 Å². The first-order valence-electron chi connectivity index (χ1n) is 17.9. The van der Waals surface area contributed by atoms with Crippen molar-refractivity contribution in [3.63, 3.8) is 0 Å². The molecule has 10 aromatic carbocycles. The number of benzene rings is 9. The molecule has 0 bridgehead atoms. The van der Waals surface area contributed by atoms with Crippen LogP contribution in [0.1, 0.15) is 0 Å². The van der Waals surface area contributed by atoms with Gasteiger partial charge in [0.15, 0.2) is 17.5 Å². The zero-order chi connectivity index (χ0) is 34.6. The Balaban J connectivity index is 1.20. The molecule has 3 nitrogen and oxygen atoms in total. The summed E-state index contributed by atoms with van der Waals surface area (Å²) in [6.07, 6.45) is 0. The molecule has 2 aromatic heterocycles. The summed E-state index contributed by atoms with van der Waals surface area (Å²) in [6.45, 7) is 0. The van der Waals surface area contributed by atoms with Crippen molar-refractivity contribution >= 4 is 96.1 Å². The van der Waals surface area contributed by atoms with Crippen LogP contribution >= 0.6 is 11.3 Å². The summed E-state index contributed by atoms with van der Waals surface area (Å²) in [5, 5.41) is 17.4. The Morgan fingerprint density at radius 2 is 0.774 bits per heavy atom. The van der Waals surface area contributed by atoms with Gasteiger partial charge in [0, 0.05) is 36.9 Å². The van der Waals surface area contributed by atoms with Gasteiger partial charge >= 0.3 is 0 Å². The summed E-state index contributed by atoms with van der Waals surface area (Å²) >= 11 is 1.82. The summed E-state index contributed by atoms with van der Waals surface area (Å²) in [5.41, 5.74) is 2.89. The number of aromatic nitrogens is 3. The molecular weight excluding hydrogens is 663 g/mol.